The van der Waals surface area contributed by atoms with E-state index in [4.69, 9.17) is 4.74 Å². The van der Waals surface area contributed by atoms with E-state index in [1.54, 1.807) is 7.11 Å². The van der Waals surface area contributed by atoms with Crippen molar-refractivity contribution in [2.45, 2.75) is 0 Å². The molecule has 0 bridgehead atoms. The number of rotatable bonds is 4. The van der Waals surface area contributed by atoms with Gasteiger partial charge in [0.1, 0.15) is 0 Å². The maximum absolute atomic E-state index is 5.61. The van der Waals surface area contributed by atoms with Crippen molar-refractivity contribution in [2.24, 2.45) is 0 Å². The van der Waals surface area contributed by atoms with Gasteiger partial charge in [0.15, 0.2) is 5.75 Å². The van der Waals surface area contributed by atoms with Gasteiger partial charge in [0.05, 0.1) is 17.3 Å². The van der Waals surface area contributed by atoms with Gasteiger partial charge in [-0.1, -0.05) is 42.5 Å². The van der Waals surface area contributed by atoms with Crippen LogP contribution in [-0.4, -0.2) is 7.11 Å². The molecular formula is C19H16BrNO. The van der Waals surface area contributed by atoms with E-state index in [9.17, 15) is 0 Å². The highest BCUT2D eigenvalue weighted by atomic mass is 79.9. The predicted molar refractivity (Wildman–Crippen MR) is 95.4 cm³/mol. The minimum absolute atomic E-state index is 0.815. The summed E-state index contributed by atoms with van der Waals surface area (Å²) in [6.45, 7) is 0. The van der Waals surface area contributed by atoms with E-state index < -0.39 is 0 Å². The summed E-state index contributed by atoms with van der Waals surface area (Å²) in [7, 11) is 1.69. The fourth-order valence-electron chi connectivity index (χ4n) is 2.46. The molecular weight excluding hydrogens is 338 g/mol. The average Bonchev–Trinajstić information content (AvgIpc) is 2.57. The van der Waals surface area contributed by atoms with Gasteiger partial charge in [-0.3, -0.25) is 0 Å². The first kappa shape index (κ1) is 14.7. The monoisotopic (exact) mass is 353 g/mol. The summed E-state index contributed by atoms with van der Waals surface area (Å²) in [4.78, 5) is 2.18. The lowest BCUT2D eigenvalue weighted by Crippen LogP contribution is -2.11. The second-order valence-electron chi connectivity index (χ2n) is 4.80. The van der Waals surface area contributed by atoms with E-state index in [2.05, 4.69) is 51.2 Å². The zero-order chi connectivity index (χ0) is 15.4. The maximum Gasteiger partial charge on any atom is 0.157 e. The number of ether oxygens (including phenoxy) is 1. The number of hydrogen-bond acceptors (Lipinski definition) is 2. The van der Waals surface area contributed by atoms with E-state index in [1.165, 1.54) is 0 Å². The molecule has 0 spiro atoms. The number of para-hydroxylation sites is 3. The van der Waals surface area contributed by atoms with Crippen molar-refractivity contribution >= 4 is 33.0 Å². The van der Waals surface area contributed by atoms with E-state index in [0.29, 0.717) is 0 Å². The highest BCUT2D eigenvalue weighted by Gasteiger charge is 2.17. The van der Waals surface area contributed by atoms with Gasteiger partial charge < -0.3 is 9.64 Å². The van der Waals surface area contributed by atoms with Crippen molar-refractivity contribution in [3.8, 4) is 5.75 Å². The molecule has 0 radical (unpaired) electrons. The van der Waals surface area contributed by atoms with Gasteiger partial charge in [-0.15, -0.1) is 0 Å². The van der Waals surface area contributed by atoms with Crippen LogP contribution in [0.2, 0.25) is 0 Å². The van der Waals surface area contributed by atoms with Crippen molar-refractivity contribution in [1.82, 2.24) is 0 Å². The van der Waals surface area contributed by atoms with Crippen LogP contribution in [0.1, 0.15) is 0 Å². The van der Waals surface area contributed by atoms with Crippen LogP contribution in [0.4, 0.5) is 17.1 Å². The zero-order valence-corrected chi connectivity index (χ0v) is 13.8. The molecule has 0 aliphatic heterocycles. The van der Waals surface area contributed by atoms with Crippen LogP contribution >= 0.6 is 15.9 Å². The zero-order valence-electron chi connectivity index (χ0n) is 12.2. The number of nitrogens with zero attached hydrogens (tertiary/aromatic N) is 1. The molecule has 0 saturated heterocycles. The Morgan fingerprint density at radius 1 is 0.727 bits per heavy atom. The minimum Gasteiger partial charge on any atom is -0.493 e. The Kier molecular flexibility index (Phi) is 4.45. The van der Waals surface area contributed by atoms with Crippen molar-refractivity contribution in [3.05, 3.63) is 83.3 Å². The van der Waals surface area contributed by atoms with Crippen LogP contribution in [0.25, 0.3) is 0 Å². The van der Waals surface area contributed by atoms with Crippen LogP contribution < -0.4 is 9.64 Å². The Morgan fingerprint density at radius 2 is 1.27 bits per heavy atom. The quantitative estimate of drug-likeness (QED) is 0.576. The highest BCUT2D eigenvalue weighted by molar-refractivity contribution is 9.10. The summed E-state index contributed by atoms with van der Waals surface area (Å²) in [6.07, 6.45) is 0. The predicted octanol–water partition coefficient (Wildman–Crippen LogP) is 5.93. The van der Waals surface area contributed by atoms with Gasteiger partial charge in [0, 0.05) is 11.4 Å². The largest absolute Gasteiger partial charge is 0.493 e. The van der Waals surface area contributed by atoms with Crippen LogP contribution in [0.5, 0.6) is 5.75 Å². The van der Waals surface area contributed by atoms with Crippen molar-refractivity contribution in [1.29, 1.82) is 0 Å². The lowest BCUT2D eigenvalue weighted by Gasteiger charge is -2.27. The third-order valence-electron chi connectivity index (χ3n) is 3.42. The van der Waals surface area contributed by atoms with Gasteiger partial charge in [-0.2, -0.15) is 0 Å². The second-order valence-corrected chi connectivity index (χ2v) is 5.65. The van der Waals surface area contributed by atoms with Crippen molar-refractivity contribution in [3.63, 3.8) is 0 Å². The lowest BCUT2D eigenvalue weighted by atomic mass is 10.2. The molecule has 3 heteroatoms. The molecule has 2 nitrogen and oxygen atoms in total. The van der Waals surface area contributed by atoms with Crippen LogP contribution in [0, 0.1) is 0 Å². The minimum atomic E-state index is 0.815. The fourth-order valence-corrected chi connectivity index (χ4v) is 2.97. The summed E-state index contributed by atoms with van der Waals surface area (Å²) in [5.41, 5.74) is 3.17. The molecule has 0 aromatic heterocycles. The number of hydrogen-bond donors (Lipinski definition) is 0. The third-order valence-corrected chi connectivity index (χ3v) is 4.04. The molecule has 0 N–H and O–H groups in total. The van der Waals surface area contributed by atoms with Crippen molar-refractivity contribution in [2.75, 3.05) is 12.0 Å². The molecule has 0 saturated carbocycles. The summed E-state index contributed by atoms with van der Waals surface area (Å²) in [5, 5.41) is 0. The smallest absolute Gasteiger partial charge is 0.157 e. The molecule has 0 fully saturated rings. The maximum atomic E-state index is 5.61. The van der Waals surface area contributed by atoms with Gasteiger partial charge in [0.25, 0.3) is 0 Å². The summed E-state index contributed by atoms with van der Waals surface area (Å²) >= 11 is 3.57. The summed E-state index contributed by atoms with van der Waals surface area (Å²) < 4.78 is 6.55. The topological polar surface area (TPSA) is 12.5 Å². The van der Waals surface area contributed by atoms with E-state index in [0.717, 1.165) is 27.3 Å². The Morgan fingerprint density at radius 3 is 1.77 bits per heavy atom. The number of benzene rings is 3. The first-order chi connectivity index (χ1) is 10.8. The molecule has 0 aliphatic carbocycles. The lowest BCUT2D eigenvalue weighted by molar-refractivity contribution is 0.413. The fraction of sp³-hybridized carbons (Fsp3) is 0.0526. The molecule has 0 atom stereocenters. The molecule has 110 valence electrons. The van der Waals surface area contributed by atoms with Gasteiger partial charge >= 0.3 is 0 Å². The Hall–Kier alpha value is -2.26. The molecule has 22 heavy (non-hydrogen) atoms. The molecule has 3 rings (SSSR count). The molecule has 3 aromatic rings. The van der Waals surface area contributed by atoms with Gasteiger partial charge in [-0.05, 0) is 52.3 Å². The number of methoxy groups -OCH3 is 1. The van der Waals surface area contributed by atoms with Gasteiger partial charge in [0.2, 0.25) is 0 Å². The number of anilines is 3. The molecule has 3 aromatic carbocycles. The number of halogens is 1. The summed E-state index contributed by atoms with van der Waals surface area (Å²) in [6, 6.07) is 26.6. The molecule has 0 unspecified atom stereocenters. The Bertz CT molecular complexity index is 704. The second kappa shape index (κ2) is 6.67. The molecule has 0 heterocycles. The highest BCUT2D eigenvalue weighted by Crippen LogP contribution is 2.42. The van der Waals surface area contributed by atoms with Crippen LogP contribution in [-0.2, 0) is 0 Å². The van der Waals surface area contributed by atoms with E-state index in [-0.39, 0.29) is 0 Å². The van der Waals surface area contributed by atoms with Crippen LogP contribution in [0.3, 0.4) is 0 Å². The van der Waals surface area contributed by atoms with Crippen LogP contribution in [0.15, 0.2) is 83.3 Å². The normalized spacial score (nSPS) is 10.3. The SMILES string of the molecule is COc1c(Br)cccc1N(c1ccccc1)c1ccccc1. The van der Waals surface area contributed by atoms with Gasteiger partial charge in [-0.25, -0.2) is 0 Å². The van der Waals surface area contributed by atoms with E-state index in [1.807, 2.05) is 48.5 Å². The molecule has 0 amide bonds. The standard InChI is InChI=1S/C19H16BrNO/c1-22-19-17(20)13-8-14-18(19)21(15-9-4-2-5-10-15)16-11-6-3-7-12-16/h2-14H,1H3. The first-order valence-electron chi connectivity index (χ1n) is 7.04. The summed E-state index contributed by atoms with van der Waals surface area (Å²) in [5.74, 6) is 0.815. The average molecular weight is 354 g/mol. The molecule has 0 aliphatic rings. The Labute approximate surface area is 139 Å². The third kappa shape index (κ3) is 2.85. The van der Waals surface area contributed by atoms with Crippen molar-refractivity contribution < 1.29 is 4.74 Å². The Balaban J connectivity index is 2.21. The first-order valence-corrected chi connectivity index (χ1v) is 7.83. The van der Waals surface area contributed by atoms with E-state index >= 15 is 0 Å².